The highest BCUT2D eigenvalue weighted by molar-refractivity contribution is 7.89. The molecule has 0 unspecified atom stereocenters. The van der Waals surface area contributed by atoms with Gasteiger partial charge in [-0.05, 0) is 42.8 Å². The lowest BCUT2D eigenvalue weighted by atomic mass is 10.1. The van der Waals surface area contributed by atoms with Crippen LogP contribution in [0.3, 0.4) is 0 Å². The predicted molar refractivity (Wildman–Crippen MR) is 131 cm³/mol. The lowest BCUT2D eigenvalue weighted by Crippen LogP contribution is -2.42. The van der Waals surface area contributed by atoms with E-state index in [0.29, 0.717) is 5.56 Å². The highest BCUT2D eigenvalue weighted by Gasteiger charge is 2.16. The first kappa shape index (κ1) is 25.6. The maximum absolute atomic E-state index is 12.6. The summed E-state index contributed by atoms with van der Waals surface area (Å²) in [6.45, 7) is 2.06. The van der Waals surface area contributed by atoms with E-state index in [2.05, 4.69) is 20.9 Å². The number of hydrazine groups is 1. The second-order valence-corrected chi connectivity index (χ2v) is 9.48. The summed E-state index contributed by atoms with van der Waals surface area (Å²) in [4.78, 5) is 36.4. The van der Waals surface area contributed by atoms with Crippen molar-refractivity contribution >= 4 is 27.7 Å². The maximum Gasteiger partial charge on any atom is 0.269 e. The molecule has 0 aromatic heterocycles. The lowest BCUT2D eigenvalue weighted by Gasteiger charge is -2.10. The van der Waals surface area contributed by atoms with Crippen molar-refractivity contribution in [3.63, 3.8) is 0 Å². The molecule has 0 aliphatic carbocycles. The van der Waals surface area contributed by atoms with Gasteiger partial charge in [0.15, 0.2) is 0 Å². The molecule has 0 bridgehead atoms. The maximum atomic E-state index is 12.6. The predicted octanol–water partition coefficient (Wildman–Crippen LogP) is 2.05. The van der Waals surface area contributed by atoms with Gasteiger partial charge in [0, 0.05) is 30.6 Å². The first-order valence-corrected chi connectivity index (χ1v) is 12.3. The number of sulfonamides is 1. The summed E-state index contributed by atoms with van der Waals surface area (Å²) < 4.78 is 27.7. The SMILES string of the molecule is Cc1cccc(C(=O)NCCC(=O)NNC(=O)c2cccc(S(=O)(=O)NCc3ccccc3)c2)c1. The Kier molecular flexibility index (Phi) is 8.71. The molecule has 35 heavy (non-hydrogen) atoms. The van der Waals surface area contributed by atoms with Crippen molar-refractivity contribution in [2.24, 2.45) is 0 Å². The van der Waals surface area contributed by atoms with Crippen molar-refractivity contribution in [3.8, 4) is 0 Å². The Balaban J connectivity index is 1.47. The molecule has 0 atom stereocenters. The molecule has 9 nitrogen and oxygen atoms in total. The number of rotatable bonds is 9. The number of amides is 3. The van der Waals surface area contributed by atoms with Crippen molar-refractivity contribution in [2.45, 2.75) is 24.8 Å². The van der Waals surface area contributed by atoms with Gasteiger partial charge < -0.3 is 5.32 Å². The van der Waals surface area contributed by atoms with Gasteiger partial charge >= 0.3 is 0 Å². The van der Waals surface area contributed by atoms with Gasteiger partial charge in [-0.1, -0.05) is 54.1 Å². The van der Waals surface area contributed by atoms with E-state index in [1.807, 2.05) is 19.1 Å². The van der Waals surface area contributed by atoms with Crippen LogP contribution in [-0.4, -0.2) is 32.7 Å². The van der Waals surface area contributed by atoms with Crippen LogP contribution in [0, 0.1) is 6.92 Å². The summed E-state index contributed by atoms with van der Waals surface area (Å²) in [5, 5.41) is 2.64. The van der Waals surface area contributed by atoms with E-state index in [-0.39, 0.29) is 35.9 Å². The fourth-order valence-electron chi connectivity index (χ4n) is 3.10. The highest BCUT2D eigenvalue weighted by Crippen LogP contribution is 2.12. The van der Waals surface area contributed by atoms with Crippen molar-refractivity contribution < 1.29 is 22.8 Å². The average molecular weight is 495 g/mol. The minimum atomic E-state index is -3.85. The van der Waals surface area contributed by atoms with E-state index >= 15 is 0 Å². The molecule has 3 aromatic rings. The van der Waals surface area contributed by atoms with Gasteiger partial charge in [0.05, 0.1) is 4.90 Å². The van der Waals surface area contributed by atoms with Gasteiger partial charge in [-0.3, -0.25) is 25.2 Å². The van der Waals surface area contributed by atoms with Gasteiger partial charge in [0.1, 0.15) is 0 Å². The molecular formula is C25H26N4O5S. The zero-order chi connectivity index (χ0) is 25.3. The van der Waals surface area contributed by atoms with Crippen LogP contribution >= 0.6 is 0 Å². The molecule has 4 N–H and O–H groups in total. The average Bonchev–Trinajstić information content (AvgIpc) is 2.86. The molecule has 3 rings (SSSR count). The molecule has 0 saturated heterocycles. The molecule has 0 aliphatic heterocycles. The Labute approximate surface area is 204 Å². The normalized spacial score (nSPS) is 10.9. The molecule has 0 spiro atoms. The third kappa shape index (κ3) is 7.76. The zero-order valence-electron chi connectivity index (χ0n) is 19.1. The van der Waals surface area contributed by atoms with Gasteiger partial charge in [-0.15, -0.1) is 0 Å². The Bertz CT molecular complexity index is 1310. The number of carbonyl (C=O) groups excluding carboxylic acids is 3. The Morgan fingerprint density at radius 3 is 2.17 bits per heavy atom. The fraction of sp³-hybridized carbons (Fsp3) is 0.160. The first-order chi connectivity index (χ1) is 16.7. The molecule has 0 saturated carbocycles. The quantitative estimate of drug-likeness (QED) is 0.338. The van der Waals surface area contributed by atoms with E-state index in [1.165, 1.54) is 24.3 Å². The second-order valence-electron chi connectivity index (χ2n) is 7.72. The molecule has 0 heterocycles. The van der Waals surface area contributed by atoms with E-state index in [4.69, 9.17) is 0 Å². The summed E-state index contributed by atoms with van der Waals surface area (Å²) in [5.74, 6) is -1.50. The number of aryl methyl sites for hydroxylation is 1. The minimum Gasteiger partial charge on any atom is -0.352 e. The molecule has 182 valence electrons. The number of nitrogens with one attached hydrogen (secondary N) is 4. The van der Waals surface area contributed by atoms with Crippen LogP contribution in [0.4, 0.5) is 0 Å². The molecule has 0 radical (unpaired) electrons. The third-order valence-corrected chi connectivity index (χ3v) is 6.35. The van der Waals surface area contributed by atoms with E-state index in [1.54, 1.807) is 42.5 Å². The van der Waals surface area contributed by atoms with Crippen LogP contribution in [0.15, 0.2) is 83.8 Å². The largest absolute Gasteiger partial charge is 0.352 e. The molecule has 10 heteroatoms. The van der Waals surface area contributed by atoms with Gasteiger partial charge in [0.2, 0.25) is 15.9 Å². The van der Waals surface area contributed by atoms with E-state index < -0.39 is 21.8 Å². The second kappa shape index (κ2) is 11.9. The summed E-state index contributed by atoms with van der Waals surface area (Å²) in [6, 6.07) is 21.6. The highest BCUT2D eigenvalue weighted by atomic mass is 32.2. The van der Waals surface area contributed by atoms with Gasteiger partial charge in [-0.2, -0.15) is 0 Å². The fourth-order valence-corrected chi connectivity index (χ4v) is 4.16. The number of hydrogen-bond donors (Lipinski definition) is 4. The number of benzene rings is 3. The molecule has 0 aliphatic rings. The van der Waals surface area contributed by atoms with E-state index in [0.717, 1.165) is 11.1 Å². The van der Waals surface area contributed by atoms with Crippen molar-refractivity contribution in [1.82, 2.24) is 20.9 Å². The summed E-state index contributed by atoms with van der Waals surface area (Å²) in [5.41, 5.74) is 6.79. The third-order valence-electron chi connectivity index (χ3n) is 4.95. The van der Waals surface area contributed by atoms with Crippen LogP contribution < -0.4 is 20.9 Å². The van der Waals surface area contributed by atoms with Crippen LogP contribution in [-0.2, 0) is 21.4 Å². The first-order valence-electron chi connectivity index (χ1n) is 10.8. The monoisotopic (exact) mass is 494 g/mol. The van der Waals surface area contributed by atoms with Crippen molar-refractivity contribution in [2.75, 3.05) is 6.54 Å². The van der Waals surface area contributed by atoms with Crippen molar-refractivity contribution in [1.29, 1.82) is 0 Å². The summed E-state index contributed by atoms with van der Waals surface area (Å²) in [6.07, 6.45) is -0.0599. The van der Waals surface area contributed by atoms with Gasteiger partial charge in [0.25, 0.3) is 11.8 Å². The van der Waals surface area contributed by atoms with Crippen LogP contribution in [0.1, 0.15) is 38.3 Å². The van der Waals surface area contributed by atoms with Crippen LogP contribution in [0.25, 0.3) is 0 Å². The van der Waals surface area contributed by atoms with E-state index in [9.17, 15) is 22.8 Å². The lowest BCUT2D eigenvalue weighted by molar-refractivity contribution is -0.121. The molecule has 3 amide bonds. The van der Waals surface area contributed by atoms with Crippen LogP contribution in [0.2, 0.25) is 0 Å². The number of hydrogen-bond acceptors (Lipinski definition) is 5. The minimum absolute atomic E-state index is 0.0561. The Morgan fingerprint density at radius 2 is 1.46 bits per heavy atom. The molecule has 3 aromatic carbocycles. The van der Waals surface area contributed by atoms with Crippen LogP contribution in [0.5, 0.6) is 0 Å². The topological polar surface area (TPSA) is 133 Å². The van der Waals surface area contributed by atoms with Crippen molar-refractivity contribution in [3.05, 3.63) is 101 Å². The zero-order valence-corrected chi connectivity index (χ0v) is 19.9. The molecular weight excluding hydrogens is 468 g/mol. The smallest absolute Gasteiger partial charge is 0.269 e. The summed E-state index contributed by atoms with van der Waals surface area (Å²) in [7, 11) is -3.85. The number of carbonyl (C=O) groups is 3. The summed E-state index contributed by atoms with van der Waals surface area (Å²) >= 11 is 0. The Morgan fingerprint density at radius 1 is 0.771 bits per heavy atom. The Hall–Kier alpha value is -4.02. The van der Waals surface area contributed by atoms with Gasteiger partial charge in [-0.25, -0.2) is 13.1 Å². The standard InChI is InChI=1S/C25H26N4O5S/c1-18-7-5-10-20(15-18)24(31)26-14-13-23(30)28-29-25(32)21-11-6-12-22(16-21)35(33,34)27-17-19-8-3-2-4-9-19/h2-12,15-16,27H,13-14,17H2,1H3,(H,26,31)(H,28,30)(H,29,32). The molecule has 0 fully saturated rings.